The third-order valence-electron chi connectivity index (χ3n) is 3.95. The van der Waals surface area contributed by atoms with Crippen molar-refractivity contribution in [3.8, 4) is 5.75 Å². The molecule has 7 nitrogen and oxygen atoms in total. The second-order valence-electron chi connectivity index (χ2n) is 5.66. The number of rotatable bonds is 7. The second kappa shape index (κ2) is 8.33. The highest BCUT2D eigenvalue weighted by molar-refractivity contribution is 5.79. The van der Waals surface area contributed by atoms with Gasteiger partial charge in [-0.25, -0.2) is 0 Å². The molecule has 1 aliphatic heterocycles. The lowest BCUT2D eigenvalue weighted by Gasteiger charge is -2.12. The summed E-state index contributed by atoms with van der Waals surface area (Å²) in [7, 11) is 1.77. The van der Waals surface area contributed by atoms with Crippen molar-refractivity contribution in [3.63, 3.8) is 0 Å². The number of fused-ring (bicyclic) bond motifs is 1. The van der Waals surface area contributed by atoms with Gasteiger partial charge in [-0.1, -0.05) is 18.2 Å². The van der Waals surface area contributed by atoms with Crippen molar-refractivity contribution in [3.05, 3.63) is 42.0 Å². The molecule has 7 heteroatoms. The molecule has 0 bridgehead atoms. The van der Waals surface area contributed by atoms with Crippen LogP contribution in [0.4, 0.5) is 0 Å². The van der Waals surface area contributed by atoms with Gasteiger partial charge in [-0.15, -0.1) is 10.2 Å². The number of hydrogen-bond acceptors (Lipinski definition) is 4. The maximum atomic E-state index is 5.67. The van der Waals surface area contributed by atoms with Crippen molar-refractivity contribution in [1.29, 1.82) is 0 Å². The van der Waals surface area contributed by atoms with Crippen molar-refractivity contribution >= 4 is 5.96 Å². The Morgan fingerprint density at radius 2 is 2.12 bits per heavy atom. The lowest BCUT2D eigenvalue weighted by molar-refractivity contribution is 0.311. The van der Waals surface area contributed by atoms with Crippen molar-refractivity contribution in [1.82, 2.24) is 25.4 Å². The van der Waals surface area contributed by atoms with Crippen molar-refractivity contribution in [2.75, 3.05) is 20.2 Å². The number of aryl methyl sites for hydroxylation is 1. The van der Waals surface area contributed by atoms with Crippen molar-refractivity contribution < 1.29 is 4.74 Å². The van der Waals surface area contributed by atoms with Gasteiger partial charge in [0.2, 0.25) is 0 Å². The molecule has 2 N–H and O–H groups in total. The van der Waals surface area contributed by atoms with E-state index >= 15 is 0 Å². The average Bonchev–Trinajstić information content (AvgIpc) is 3.22. The van der Waals surface area contributed by atoms with Crippen LogP contribution in [0.2, 0.25) is 0 Å². The molecule has 0 saturated carbocycles. The third-order valence-corrected chi connectivity index (χ3v) is 3.95. The molecular weight excluding hydrogens is 304 g/mol. The Hall–Kier alpha value is -2.57. The van der Waals surface area contributed by atoms with Crippen LogP contribution in [0.25, 0.3) is 0 Å². The van der Waals surface area contributed by atoms with Crippen LogP contribution >= 0.6 is 0 Å². The molecular formula is C17H24N6O. The molecule has 128 valence electrons. The molecule has 0 unspecified atom stereocenters. The van der Waals surface area contributed by atoms with Gasteiger partial charge in [0, 0.05) is 26.6 Å². The minimum absolute atomic E-state index is 0.632. The predicted octanol–water partition coefficient (Wildman–Crippen LogP) is 1.36. The summed E-state index contributed by atoms with van der Waals surface area (Å²) >= 11 is 0. The summed E-state index contributed by atoms with van der Waals surface area (Å²) in [4.78, 5) is 4.23. The van der Waals surface area contributed by atoms with E-state index in [1.165, 1.54) is 0 Å². The van der Waals surface area contributed by atoms with Crippen LogP contribution in [0.1, 0.15) is 24.5 Å². The van der Waals surface area contributed by atoms with E-state index in [4.69, 9.17) is 4.74 Å². The topological polar surface area (TPSA) is 76.4 Å². The fraction of sp³-hybridized carbons (Fsp3) is 0.471. The Bertz CT molecular complexity index is 667. The third kappa shape index (κ3) is 4.24. The van der Waals surface area contributed by atoms with Gasteiger partial charge >= 0.3 is 0 Å². The molecule has 0 atom stereocenters. The van der Waals surface area contributed by atoms with Gasteiger partial charge < -0.3 is 19.9 Å². The summed E-state index contributed by atoms with van der Waals surface area (Å²) in [5.74, 6) is 3.73. The van der Waals surface area contributed by atoms with Gasteiger partial charge in [0.15, 0.2) is 11.8 Å². The van der Waals surface area contributed by atoms with Crippen LogP contribution in [-0.4, -0.2) is 40.9 Å². The van der Waals surface area contributed by atoms with E-state index < -0.39 is 0 Å². The fourth-order valence-corrected chi connectivity index (χ4v) is 2.71. The van der Waals surface area contributed by atoms with E-state index in [-0.39, 0.29) is 0 Å². The van der Waals surface area contributed by atoms with Crippen LogP contribution in [0.3, 0.4) is 0 Å². The highest BCUT2D eigenvalue weighted by Crippen LogP contribution is 2.13. The number of benzene rings is 1. The molecule has 24 heavy (non-hydrogen) atoms. The Morgan fingerprint density at radius 1 is 1.25 bits per heavy atom. The van der Waals surface area contributed by atoms with Crippen molar-refractivity contribution in [2.24, 2.45) is 4.99 Å². The SMILES string of the molecule is CN=C(NCCCOc1ccccc1)NCc1nnc2n1CCC2. The molecule has 1 aliphatic rings. The standard InChI is InChI=1S/C17H24N6O/c1-18-17(19-10-6-12-24-14-7-3-2-4-8-14)20-13-16-22-21-15-9-5-11-23(15)16/h2-4,7-8H,5-6,9-13H2,1H3,(H2,18,19,20). The molecule has 1 aromatic carbocycles. The lowest BCUT2D eigenvalue weighted by Crippen LogP contribution is -2.38. The predicted molar refractivity (Wildman–Crippen MR) is 93.1 cm³/mol. The van der Waals surface area contributed by atoms with Crippen molar-refractivity contribution in [2.45, 2.75) is 32.4 Å². The Balaban J connectivity index is 1.35. The van der Waals surface area contributed by atoms with Gasteiger partial charge in [-0.2, -0.15) is 0 Å². The summed E-state index contributed by atoms with van der Waals surface area (Å²) in [6.07, 6.45) is 3.09. The minimum atomic E-state index is 0.632. The zero-order valence-corrected chi connectivity index (χ0v) is 14.0. The zero-order chi connectivity index (χ0) is 16.6. The smallest absolute Gasteiger partial charge is 0.191 e. The van der Waals surface area contributed by atoms with Gasteiger partial charge in [-0.3, -0.25) is 4.99 Å². The van der Waals surface area contributed by atoms with Crippen LogP contribution < -0.4 is 15.4 Å². The van der Waals surface area contributed by atoms with E-state index in [0.29, 0.717) is 13.2 Å². The summed E-state index contributed by atoms with van der Waals surface area (Å²) in [5, 5.41) is 15.0. The monoisotopic (exact) mass is 328 g/mol. The van der Waals surface area contributed by atoms with Crippen LogP contribution in [0.5, 0.6) is 5.75 Å². The molecule has 2 heterocycles. The maximum absolute atomic E-state index is 5.67. The van der Waals surface area contributed by atoms with Gasteiger partial charge in [0.05, 0.1) is 13.2 Å². The molecule has 3 rings (SSSR count). The lowest BCUT2D eigenvalue weighted by atomic mass is 10.3. The van der Waals surface area contributed by atoms with Crippen LogP contribution in [0, 0.1) is 0 Å². The molecule has 0 radical (unpaired) electrons. The first-order valence-electron chi connectivity index (χ1n) is 8.40. The summed E-state index contributed by atoms with van der Waals surface area (Å²) in [6.45, 7) is 3.12. The second-order valence-corrected chi connectivity index (χ2v) is 5.66. The maximum Gasteiger partial charge on any atom is 0.191 e. The molecule has 0 amide bonds. The number of ether oxygens (including phenoxy) is 1. The highest BCUT2D eigenvalue weighted by atomic mass is 16.5. The molecule has 2 aromatic rings. The van der Waals surface area contributed by atoms with E-state index in [2.05, 4.69) is 30.4 Å². The number of aromatic nitrogens is 3. The quantitative estimate of drug-likeness (QED) is 0.456. The number of para-hydroxylation sites is 1. The molecule has 0 spiro atoms. The normalized spacial score (nSPS) is 13.6. The van der Waals surface area contributed by atoms with E-state index in [1.807, 2.05) is 30.3 Å². The fourth-order valence-electron chi connectivity index (χ4n) is 2.71. The highest BCUT2D eigenvalue weighted by Gasteiger charge is 2.16. The summed E-state index contributed by atoms with van der Waals surface area (Å²) in [5.41, 5.74) is 0. The number of nitrogens with one attached hydrogen (secondary N) is 2. The molecule has 0 aliphatic carbocycles. The van der Waals surface area contributed by atoms with Crippen LogP contribution in [-0.2, 0) is 19.5 Å². The van der Waals surface area contributed by atoms with Gasteiger partial charge in [-0.05, 0) is 25.0 Å². The zero-order valence-electron chi connectivity index (χ0n) is 14.0. The Kier molecular flexibility index (Phi) is 5.65. The number of aliphatic imine (C=N–C) groups is 1. The first-order valence-corrected chi connectivity index (χ1v) is 8.40. The van der Waals surface area contributed by atoms with E-state index in [9.17, 15) is 0 Å². The molecule has 1 aromatic heterocycles. The Labute approximate surface area is 142 Å². The first-order chi connectivity index (χ1) is 11.9. The summed E-state index contributed by atoms with van der Waals surface area (Å²) < 4.78 is 7.86. The largest absolute Gasteiger partial charge is 0.494 e. The van der Waals surface area contributed by atoms with Crippen LogP contribution in [0.15, 0.2) is 35.3 Å². The van der Waals surface area contributed by atoms with E-state index in [0.717, 1.165) is 55.7 Å². The molecule has 0 saturated heterocycles. The average molecular weight is 328 g/mol. The first kappa shape index (κ1) is 16.3. The summed E-state index contributed by atoms with van der Waals surface area (Å²) in [6, 6.07) is 9.85. The van der Waals surface area contributed by atoms with E-state index in [1.54, 1.807) is 7.05 Å². The number of guanidine groups is 1. The minimum Gasteiger partial charge on any atom is -0.494 e. The number of nitrogens with zero attached hydrogens (tertiary/aromatic N) is 4. The van der Waals surface area contributed by atoms with Gasteiger partial charge in [0.1, 0.15) is 11.6 Å². The van der Waals surface area contributed by atoms with Gasteiger partial charge in [0.25, 0.3) is 0 Å². The number of hydrogen-bond donors (Lipinski definition) is 2. The molecule has 0 fully saturated rings. The Morgan fingerprint density at radius 3 is 2.96 bits per heavy atom.